The van der Waals surface area contributed by atoms with Crippen molar-refractivity contribution in [3.63, 3.8) is 0 Å². The summed E-state index contributed by atoms with van der Waals surface area (Å²) >= 11 is 1.55. The normalized spacial score (nSPS) is 15.9. The third kappa shape index (κ3) is 4.08. The third-order valence-corrected chi connectivity index (χ3v) is 5.07. The Morgan fingerprint density at radius 3 is 2.27 bits per heavy atom. The van der Waals surface area contributed by atoms with Gasteiger partial charge < -0.3 is 9.80 Å². The van der Waals surface area contributed by atoms with E-state index in [0.717, 1.165) is 35.9 Å². The zero-order chi connectivity index (χ0) is 16.1. The first-order valence-corrected chi connectivity index (χ1v) is 8.72. The van der Waals surface area contributed by atoms with Crippen LogP contribution >= 0.6 is 11.3 Å². The molecule has 0 saturated carbocycles. The van der Waals surface area contributed by atoms with E-state index in [1.165, 1.54) is 0 Å². The lowest BCUT2D eigenvalue weighted by molar-refractivity contribution is -0.132. The fourth-order valence-electron chi connectivity index (χ4n) is 2.68. The lowest BCUT2D eigenvalue weighted by atomic mass is 10.2. The number of nitrogens with zero attached hydrogens (tertiary/aromatic N) is 3. The molecule has 0 atom stereocenters. The molecule has 0 N–H and O–H groups in total. The Bertz CT molecular complexity index is 517. The first kappa shape index (κ1) is 17.0. The van der Waals surface area contributed by atoms with Crippen LogP contribution in [0.25, 0.3) is 0 Å². The lowest BCUT2D eigenvalue weighted by Crippen LogP contribution is -2.51. The van der Waals surface area contributed by atoms with E-state index in [1.807, 2.05) is 42.7 Å². The fraction of sp³-hybridized carbons (Fsp3) is 0.625. The summed E-state index contributed by atoms with van der Waals surface area (Å²) in [4.78, 5) is 32.4. The average molecular weight is 323 g/mol. The summed E-state index contributed by atoms with van der Waals surface area (Å²) in [5, 5.41) is 0. The summed E-state index contributed by atoms with van der Waals surface area (Å²) in [5.41, 5.74) is 0. The van der Waals surface area contributed by atoms with Crippen LogP contribution in [0, 0.1) is 6.92 Å². The maximum absolute atomic E-state index is 12.4. The molecule has 2 heterocycles. The highest BCUT2D eigenvalue weighted by molar-refractivity contribution is 7.13. The molecule has 1 aromatic rings. The van der Waals surface area contributed by atoms with Crippen LogP contribution in [0.4, 0.5) is 0 Å². The van der Waals surface area contributed by atoms with E-state index in [0.29, 0.717) is 19.6 Å². The number of amides is 2. The minimum absolute atomic E-state index is 0.118. The second kappa shape index (κ2) is 7.74. The molecule has 1 aromatic heterocycles. The number of likely N-dealkylation sites (N-methyl/N-ethyl adjacent to an activating group) is 1. The molecule has 0 radical (unpaired) electrons. The topological polar surface area (TPSA) is 43.9 Å². The van der Waals surface area contributed by atoms with Gasteiger partial charge in [-0.05, 0) is 32.9 Å². The van der Waals surface area contributed by atoms with Crippen molar-refractivity contribution in [3.05, 3.63) is 21.9 Å². The second-order valence-electron chi connectivity index (χ2n) is 5.54. The second-order valence-corrected chi connectivity index (χ2v) is 6.83. The molecule has 1 saturated heterocycles. The Morgan fingerprint density at radius 2 is 1.77 bits per heavy atom. The van der Waals surface area contributed by atoms with E-state index in [2.05, 4.69) is 4.90 Å². The Hall–Kier alpha value is -1.40. The van der Waals surface area contributed by atoms with E-state index in [4.69, 9.17) is 0 Å². The van der Waals surface area contributed by atoms with Crippen molar-refractivity contribution < 1.29 is 9.59 Å². The summed E-state index contributed by atoms with van der Waals surface area (Å²) in [6.45, 7) is 10.9. The third-order valence-electron chi connectivity index (χ3n) is 4.09. The van der Waals surface area contributed by atoms with Gasteiger partial charge in [0.15, 0.2) is 0 Å². The maximum Gasteiger partial charge on any atom is 0.264 e. The van der Waals surface area contributed by atoms with Gasteiger partial charge in [-0.1, -0.05) is 0 Å². The number of carbonyl (C=O) groups is 2. The molecule has 6 heteroatoms. The van der Waals surface area contributed by atoms with Crippen molar-refractivity contribution in [2.45, 2.75) is 20.8 Å². The Labute approximate surface area is 136 Å². The van der Waals surface area contributed by atoms with Crippen molar-refractivity contribution in [1.82, 2.24) is 14.7 Å². The Balaban J connectivity index is 1.83. The lowest BCUT2D eigenvalue weighted by Gasteiger charge is -2.35. The molecule has 22 heavy (non-hydrogen) atoms. The van der Waals surface area contributed by atoms with Gasteiger partial charge in [-0.15, -0.1) is 11.3 Å². The van der Waals surface area contributed by atoms with Crippen LogP contribution in [0.1, 0.15) is 28.4 Å². The molecule has 0 aromatic carbocycles. The van der Waals surface area contributed by atoms with Crippen LogP contribution in [0.3, 0.4) is 0 Å². The standard InChI is InChI=1S/C16H25N3O2S/c1-4-18(5-2)15(20)12-17-8-10-19(11-9-17)16(21)14-7-6-13(3)22-14/h6-7H,4-5,8-12H2,1-3H3. The predicted molar refractivity (Wildman–Crippen MR) is 89.3 cm³/mol. The molecule has 2 rings (SSSR count). The zero-order valence-corrected chi connectivity index (χ0v) is 14.5. The van der Waals surface area contributed by atoms with Gasteiger partial charge >= 0.3 is 0 Å². The molecule has 1 aliphatic rings. The fourth-order valence-corrected chi connectivity index (χ4v) is 3.52. The summed E-state index contributed by atoms with van der Waals surface area (Å²) in [7, 11) is 0. The minimum atomic E-state index is 0.118. The minimum Gasteiger partial charge on any atom is -0.342 e. The quantitative estimate of drug-likeness (QED) is 0.828. The van der Waals surface area contributed by atoms with E-state index < -0.39 is 0 Å². The highest BCUT2D eigenvalue weighted by atomic mass is 32.1. The van der Waals surface area contributed by atoms with Crippen LogP contribution in [0.15, 0.2) is 12.1 Å². The largest absolute Gasteiger partial charge is 0.342 e. The van der Waals surface area contributed by atoms with Crippen LogP contribution < -0.4 is 0 Å². The van der Waals surface area contributed by atoms with E-state index in [1.54, 1.807) is 11.3 Å². The average Bonchev–Trinajstić information content (AvgIpc) is 2.95. The van der Waals surface area contributed by atoms with Crippen LogP contribution in [0.5, 0.6) is 0 Å². The number of rotatable bonds is 5. The molecule has 0 bridgehead atoms. The van der Waals surface area contributed by atoms with Gasteiger partial charge in [-0.2, -0.15) is 0 Å². The van der Waals surface area contributed by atoms with Gasteiger partial charge in [0.25, 0.3) is 5.91 Å². The Morgan fingerprint density at radius 1 is 1.14 bits per heavy atom. The molecular weight excluding hydrogens is 298 g/mol. The zero-order valence-electron chi connectivity index (χ0n) is 13.7. The highest BCUT2D eigenvalue weighted by Gasteiger charge is 2.24. The molecule has 0 unspecified atom stereocenters. The van der Waals surface area contributed by atoms with Crippen molar-refractivity contribution >= 4 is 23.2 Å². The molecule has 1 aliphatic heterocycles. The first-order chi connectivity index (χ1) is 10.5. The maximum atomic E-state index is 12.4. The van der Waals surface area contributed by atoms with E-state index >= 15 is 0 Å². The number of thiophene rings is 1. The summed E-state index contributed by atoms with van der Waals surface area (Å²) in [6, 6.07) is 3.88. The van der Waals surface area contributed by atoms with Crippen LogP contribution in [-0.4, -0.2) is 72.3 Å². The number of aryl methyl sites for hydroxylation is 1. The summed E-state index contributed by atoms with van der Waals surface area (Å²) in [6.07, 6.45) is 0. The molecular formula is C16H25N3O2S. The van der Waals surface area contributed by atoms with Gasteiger partial charge in [-0.3, -0.25) is 14.5 Å². The van der Waals surface area contributed by atoms with Gasteiger partial charge in [0.05, 0.1) is 11.4 Å². The molecule has 122 valence electrons. The van der Waals surface area contributed by atoms with Crippen molar-refractivity contribution in [3.8, 4) is 0 Å². The SMILES string of the molecule is CCN(CC)C(=O)CN1CCN(C(=O)c2ccc(C)s2)CC1. The van der Waals surface area contributed by atoms with Crippen molar-refractivity contribution in [2.75, 3.05) is 45.8 Å². The van der Waals surface area contributed by atoms with Gasteiger partial charge in [0.2, 0.25) is 5.91 Å². The van der Waals surface area contributed by atoms with E-state index in [9.17, 15) is 9.59 Å². The smallest absolute Gasteiger partial charge is 0.264 e. The van der Waals surface area contributed by atoms with Crippen LogP contribution in [-0.2, 0) is 4.79 Å². The molecule has 5 nitrogen and oxygen atoms in total. The predicted octanol–water partition coefficient (Wildman–Crippen LogP) is 1.68. The van der Waals surface area contributed by atoms with Gasteiger partial charge in [0.1, 0.15) is 0 Å². The van der Waals surface area contributed by atoms with Crippen molar-refractivity contribution in [1.29, 1.82) is 0 Å². The monoisotopic (exact) mass is 323 g/mol. The highest BCUT2D eigenvalue weighted by Crippen LogP contribution is 2.18. The summed E-state index contributed by atoms with van der Waals surface area (Å²) < 4.78 is 0. The number of hydrogen-bond acceptors (Lipinski definition) is 4. The van der Waals surface area contributed by atoms with Crippen molar-refractivity contribution in [2.24, 2.45) is 0 Å². The number of piperazine rings is 1. The Kier molecular flexibility index (Phi) is 5.97. The van der Waals surface area contributed by atoms with E-state index in [-0.39, 0.29) is 11.8 Å². The molecule has 0 spiro atoms. The number of hydrogen-bond donors (Lipinski definition) is 0. The number of carbonyl (C=O) groups excluding carboxylic acids is 2. The molecule has 0 aliphatic carbocycles. The van der Waals surface area contributed by atoms with Crippen LogP contribution in [0.2, 0.25) is 0 Å². The van der Waals surface area contributed by atoms with Gasteiger partial charge in [0, 0.05) is 44.1 Å². The first-order valence-electron chi connectivity index (χ1n) is 7.91. The summed E-state index contributed by atoms with van der Waals surface area (Å²) in [5.74, 6) is 0.298. The molecule has 2 amide bonds. The van der Waals surface area contributed by atoms with Gasteiger partial charge in [-0.25, -0.2) is 0 Å². The molecule has 1 fully saturated rings.